The van der Waals surface area contributed by atoms with Crippen LogP contribution in [0.1, 0.15) is 64.2 Å². The lowest BCUT2D eigenvalue weighted by Crippen LogP contribution is -2.55. The molecule has 4 atom stereocenters. The largest absolute Gasteiger partial charge is 0.491 e. The van der Waals surface area contributed by atoms with Gasteiger partial charge in [-0.1, -0.05) is 69.6 Å². The van der Waals surface area contributed by atoms with Gasteiger partial charge in [0.2, 0.25) is 17.7 Å². The van der Waals surface area contributed by atoms with Gasteiger partial charge in [0, 0.05) is 12.1 Å². The maximum Gasteiger partial charge on any atom is 0.255 e. The minimum absolute atomic E-state index is 0.0556. The zero-order chi connectivity index (χ0) is 37.1. The summed E-state index contributed by atoms with van der Waals surface area (Å²) in [7, 11) is 1.71. The summed E-state index contributed by atoms with van der Waals surface area (Å²) in [5, 5.41) is 8.98. The van der Waals surface area contributed by atoms with Crippen molar-refractivity contribution in [3.8, 4) is 23.0 Å². The third-order valence-corrected chi connectivity index (χ3v) is 8.54. The highest BCUT2D eigenvalue weighted by Crippen LogP contribution is 2.32. The Kier molecular flexibility index (Phi) is 14.1. The number of rotatable bonds is 11. The Hall–Kier alpha value is -4.77. The fourth-order valence-electron chi connectivity index (χ4n) is 5.76. The molecule has 0 spiro atoms. The minimum Gasteiger partial charge on any atom is -0.491 e. The highest BCUT2D eigenvalue weighted by atomic mass is 35.5. The first-order valence-corrected chi connectivity index (χ1v) is 17.7. The number of para-hydroxylation sites is 3. The molecular formula is C39H49ClN4O7. The Morgan fingerprint density at radius 1 is 0.922 bits per heavy atom. The van der Waals surface area contributed by atoms with Crippen LogP contribution in [0.4, 0.5) is 0 Å². The number of carbonyl (C=O) groups excluding carboxylic acids is 4. The summed E-state index contributed by atoms with van der Waals surface area (Å²) in [6, 6.07) is 17.9. The minimum atomic E-state index is -1.27. The van der Waals surface area contributed by atoms with Gasteiger partial charge in [-0.15, -0.1) is 0 Å². The zero-order valence-corrected chi connectivity index (χ0v) is 30.9. The van der Waals surface area contributed by atoms with E-state index in [4.69, 9.17) is 25.8 Å². The molecule has 3 N–H and O–H groups in total. The maximum absolute atomic E-state index is 13.9. The number of halogens is 1. The van der Waals surface area contributed by atoms with E-state index in [9.17, 15) is 19.2 Å². The Morgan fingerprint density at radius 2 is 1.61 bits per heavy atom. The predicted molar refractivity (Wildman–Crippen MR) is 196 cm³/mol. The van der Waals surface area contributed by atoms with Crippen molar-refractivity contribution in [3.05, 3.63) is 83.4 Å². The van der Waals surface area contributed by atoms with Gasteiger partial charge in [-0.2, -0.15) is 0 Å². The summed E-state index contributed by atoms with van der Waals surface area (Å²) in [5.74, 6) is 0.154. The molecule has 0 aromatic heterocycles. The van der Waals surface area contributed by atoms with Gasteiger partial charge < -0.3 is 35.1 Å². The van der Waals surface area contributed by atoms with Crippen LogP contribution >= 0.6 is 11.6 Å². The smallest absolute Gasteiger partial charge is 0.255 e. The van der Waals surface area contributed by atoms with E-state index < -0.39 is 42.3 Å². The van der Waals surface area contributed by atoms with Crippen molar-refractivity contribution in [1.82, 2.24) is 20.9 Å². The molecular weight excluding hydrogens is 672 g/mol. The number of carbonyl (C=O) groups is 4. The second kappa shape index (κ2) is 18.5. The van der Waals surface area contributed by atoms with Crippen molar-refractivity contribution in [2.45, 2.75) is 78.0 Å². The summed E-state index contributed by atoms with van der Waals surface area (Å²) < 4.78 is 18.2. The molecule has 1 aliphatic heterocycles. The molecule has 0 radical (unpaired) electrons. The van der Waals surface area contributed by atoms with Gasteiger partial charge in [-0.3, -0.25) is 19.2 Å². The number of hydrogen-bond acceptors (Lipinski definition) is 7. The number of ether oxygens (including phenoxy) is 3. The highest BCUT2D eigenvalue weighted by Gasteiger charge is 2.33. The lowest BCUT2D eigenvalue weighted by Gasteiger charge is -2.33. The Labute approximate surface area is 305 Å². The van der Waals surface area contributed by atoms with Gasteiger partial charge in [-0.05, 0) is 74.1 Å². The summed E-state index contributed by atoms with van der Waals surface area (Å²) in [5.41, 5.74) is 0.204. The molecule has 0 fully saturated rings. The fraction of sp³-hybridized carbons (Fsp3) is 0.436. The first-order chi connectivity index (χ1) is 24.3. The van der Waals surface area contributed by atoms with E-state index in [1.165, 1.54) is 0 Å². The summed E-state index contributed by atoms with van der Waals surface area (Å²) in [4.78, 5) is 56.4. The maximum atomic E-state index is 13.9. The number of benzene rings is 3. The number of nitrogens with zero attached hydrogens (tertiary/aromatic N) is 1. The van der Waals surface area contributed by atoms with Gasteiger partial charge in [0.25, 0.3) is 5.91 Å². The Bertz CT molecular complexity index is 1670. The molecule has 3 aromatic carbocycles. The van der Waals surface area contributed by atoms with E-state index in [1.807, 2.05) is 19.9 Å². The first kappa shape index (κ1) is 39.0. The normalized spacial score (nSPS) is 19.3. The first-order valence-electron chi connectivity index (χ1n) is 17.3. The van der Waals surface area contributed by atoms with Crippen LogP contribution in [0.2, 0.25) is 5.02 Å². The number of amides is 4. The molecule has 274 valence electrons. The molecule has 0 unspecified atom stereocenters. The third kappa shape index (κ3) is 11.6. The standard InChI is InChI=1S/C39H49ClN4O7/c1-24(2)18-28-23-50-33-15-8-7-14-30(33)37(46)43-31(21-36(45)42-32(19-25(3)4)39(48)44(28)6)38(47)41-26(5)22-49-34-16-9-10-17-35(34)51-29-13-11-12-27(40)20-29/h7-17,20,24-26,28,31-32H,18-19,21-23H2,1-6H3,(H,41,47)(H,42,45)(H,43,46)/t26-,28-,31+,32+/m1/s1. The molecule has 0 aliphatic carbocycles. The highest BCUT2D eigenvalue weighted by molar-refractivity contribution is 6.30. The lowest BCUT2D eigenvalue weighted by atomic mass is 9.99. The van der Waals surface area contributed by atoms with Gasteiger partial charge in [0.1, 0.15) is 36.8 Å². The third-order valence-electron chi connectivity index (χ3n) is 8.30. The van der Waals surface area contributed by atoms with Crippen LogP contribution in [-0.4, -0.2) is 73.0 Å². The molecule has 1 heterocycles. The summed E-state index contributed by atoms with van der Waals surface area (Å²) >= 11 is 6.11. The Balaban J connectivity index is 1.53. The topological polar surface area (TPSA) is 135 Å². The van der Waals surface area contributed by atoms with Crippen molar-refractivity contribution >= 4 is 35.2 Å². The Morgan fingerprint density at radius 3 is 2.31 bits per heavy atom. The molecule has 12 heteroatoms. The second-order valence-corrected chi connectivity index (χ2v) is 14.2. The van der Waals surface area contributed by atoms with Crippen molar-refractivity contribution in [2.75, 3.05) is 20.3 Å². The van der Waals surface area contributed by atoms with Crippen molar-refractivity contribution in [3.63, 3.8) is 0 Å². The molecule has 0 bridgehead atoms. The summed E-state index contributed by atoms with van der Waals surface area (Å²) in [6.07, 6.45) is 0.655. The number of likely N-dealkylation sites (N-methyl/N-ethyl adjacent to an activating group) is 1. The molecule has 51 heavy (non-hydrogen) atoms. The number of hydrogen-bond donors (Lipinski definition) is 3. The van der Waals surface area contributed by atoms with E-state index in [0.717, 1.165) is 0 Å². The van der Waals surface area contributed by atoms with Gasteiger partial charge in [-0.25, -0.2) is 0 Å². The number of nitrogens with one attached hydrogen (secondary N) is 3. The summed E-state index contributed by atoms with van der Waals surface area (Å²) in [6.45, 7) is 10.0. The van der Waals surface area contributed by atoms with E-state index in [1.54, 1.807) is 85.6 Å². The number of fused-ring (bicyclic) bond motifs is 1. The average molecular weight is 721 g/mol. The van der Waals surface area contributed by atoms with Crippen molar-refractivity contribution in [2.24, 2.45) is 11.8 Å². The van der Waals surface area contributed by atoms with E-state index in [0.29, 0.717) is 40.9 Å². The van der Waals surface area contributed by atoms with Crippen LogP contribution in [0.15, 0.2) is 72.8 Å². The lowest BCUT2D eigenvalue weighted by molar-refractivity contribution is -0.138. The molecule has 4 amide bonds. The predicted octanol–water partition coefficient (Wildman–Crippen LogP) is 6.00. The molecule has 4 rings (SSSR count). The van der Waals surface area contributed by atoms with Crippen LogP contribution in [0, 0.1) is 11.8 Å². The van der Waals surface area contributed by atoms with Crippen LogP contribution in [0.25, 0.3) is 0 Å². The quantitative estimate of drug-likeness (QED) is 0.221. The van der Waals surface area contributed by atoms with Crippen molar-refractivity contribution < 1.29 is 33.4 Å². The van der Waals surface area contributed by atoms with Crippen molar-refractivity contribution in [1.29, 1.82) is 0 Å². The van der Waals surface area contributed by atoms with E-state index in [-0.39, 0.29) is 42.6 Å². The molecule has 3 aromatic rings. The SMILES string of the molecule is CC(C)C[C@@H]1COc2ccccc2C(=O)N[C@H](C(=O)N[C@H](C)COc2ccccc2Oc2cccc(Cl)c2)CC(=O)N[C@@H](CC(C)C)C(=O)N1C. The molecule has 0 saturated heterocycles. The van der Waals surface area contributed by atoms with Gasteiger partial charge in [0.15, 0.2) is 11.5 Å². The molecule has 11 nitrogen and oxygen atoms in total. The van der Waals surface area contributed by atoms with Crippen LogP contribution in [0.5, 0.6) is 23.0 Å². The van der Waals surface area contributed by atoms with Gasteiger partial charge >= 0.3 is 0 Å². The van der Waals surface area contributed by atoms with E-state index >= 15 is 0 Å². The van der Waals surface area contributed by atoms with Gasteiger partial charge in [0.05, 0.1) is 24.1 Å². The second-order valence-electron chi connectivity index (χ2n) is 13.7. The molecule has 0 saturated carbocycles. The monoisotopic (exact) mass is 720 g/mol. The average Bonchev–Trinajstić information content (AvgIpc) is 3.07. The zero-order valence-electron chi connectivity index (χ0n) is 30.1. The van der Waals surface area contributed by atoms with E-state index in [2.05, 4.69) is 29.8 Å². The molecule has 1 aliphatic rings. The fourth-order valence-corrected chi connectivity index (χ4v) is 5.94. The van der Waals surface area contributed by atoms with Crippen LogP contribution in [0.3, 0.4) is 0 Å². The van der Waals surface area contributed by atoms with Crippen LogP contribution < -0.4 is 30.2 Å². The van der Waals surface area contributed by atoms with Crippen LogP contribution in [-0.2, 0) is 14.4 Å².